The summed E-state index contributed by atoms with van der Waals surface area (Å²) in [6, 6.07) is 0. The fraction of sp³-hybridized carbons (Fsp3) is 0.100. The van der Waals surface area contributed by atoms with E-state index in [2.05, 4.69) is 91.1 Å². The van der Waals surface area contributed by atoms with Crippen molar-refractivity contribution < 1.29 is 14.6 Å². The van der Waals surface area contributed by atoms with Gasteiger partial charge in [-0.2, -0.15) is 0 Å². The van der Waals surface area contributed by atoms with Gasteiger partial charge >= 0.3 is 5.97 Å². The van der Waals surface area contributed by atoms with Gasteiger partial charge in [0.15, 0.2) is 0 Å². The summed E-state index contributed by atoms with van der Waals surface area (Å²) in [5.74, 6) is -0.310. The lowest BCUT2D eigenvalue weighted by molar-refractivity contribution is -0.209. The Morgan fingerprint density at radius 3 is 1.72 bits per heavy atom. The predicted octanol–water partition coefficient (Wildman–Crippen LogP) is 5.91. The van der Waals surface area contributed by atoms with Crippen LogP contribution in [0.5, 0.6) is 5.75 Å². The second kappa shape index (κ2) is 6.88. The summed E-state index contributed by atoms with van der Waals surface area (Å²) in [7, 11) is 0. The van der Waals surface area contributed by atoms with Crippen LogP contribution in [0.25, 0.3) is 0 Å². The van der Waals surface area contributed by atoms with Crippen LogP contribution < -0.4 is 4.89 Å². The van der Waals surface area contributed by atoms with Gasteiger partial charge in [0.05, 0.1) is 17.9 Å². The third kappa shape index (κ3) is 3.59. The second-order valence-electron chi connectivity index (χ2n) is 3.13. The van der Waals surface area contributed by atoms with Gasteiger partial charge in [-0.3, -0.25) is 4.89 Å². The topological polar surface area (TPSA) is 35.5 Å². The van der Waals surface area contributed by atoms with Crippen molar-refractivity contribution >= 4 is 85.6 Å². The molecule has 3 nitrogen and oxygen atoms in total. The van der Waals surface area contributed by atoms with Gasteiger partial charge in [-0.1, -0.05) is 6.58 Å². The van der Waals surface area contributed by atoms with E-state index in [1.54, 1.807) is 0 Å². The zero-order chi connectivity index (χ0) is 14.0. The Balaban J connectivity index is 3.11. The van der Waals surface area contributed by atoms with Crippen molar-refractivity contribution in [2.45, 2.75) is 6.92 Å². The molecule has 0 unspecified atom stereocenters. The first kappa shape index (κ1) is 16.7. The van der Waals surface area contributed by atoms with Gasteiger partial charge in [-0.25, -0.2) is 9.68 Å². The molecular formula is C10H5Br5O3. The highest BCUT2D eigenvalue weighted by molar-refractivity contribution is 9.15. The van der Waals surface area contributed by atoms with Crippen molar-refractivity contribution in [1.82, 2.24) is 0 Å². The molecular weight excluding hydrogens is 568 g/mol. The van der Waals surface area contributed by atoms with Crippen LogP contribution in [0.2, 0.25) is 0 Å². The molecule has 0 atom stereocenters. The van der Waals surface area contributed by atoms with Gasteiger partial charge in [-0.15, -0.1) is 0 Å². The fourth-order valence-corrected chi connectivity index (χ4v) is 3.95. The number of hydrogen-bond acceptors (Lipinski definition) is 3. The Bertz CT molecular complexity index is 498. The first-order valence-corrected chi connectivity index (χ1v) is 8.29. The van der Waals surface area contributed by atoms with Crippen LogP contribution in [0.1, 0.15) is 6.92 Å². The lowest BCUT2D eigenvalue weighted by Crippen LogP contribution is -2.09. The minimum absolute atomic E-state index is 0.248. The van der Waals surface area contributed by atoms with Gasteiger partial charge < -0.3 is 0 Å². The average Bonchev–Trinajstić information content (AvgIpc) is 2.33. The van der Waals surface area contributed by atoms with Crippen LogP contribution in [-0.4, -0.2) is 5.97 Å². The molecule has 8 heteroatoms. The monoisotopic (exact) mass is 568 g/mol. The minimum atomic E-state index is -0.635. The van der Waals surface area contributed by atoms with E-state index >= 15 is 0 Å². The van der Waals surface area contributed by atoms with Crippen molar-refractivity contribution in [3.05, 3.63) is 34.5 Å². The zero-order valence-corrected chi connectivity index (χ0v) is 16.8. The maximum absolute atomic E-state index is 11.3. The largest absolute Gasteiger partial charge is 0.381 e. The van der Waals surface area contributed by atoms with E-state index in [4.69, 9.17) is 4.89 Å². The summed E-state index contributed by atoms with van der Waals surface area (Å²) in [4.78, 5) is 20.9. The molecule has 98 valence electrons. The first-order chi connectivity index (χ1) is 8.27. The van der Waals surface area contributed by atoms with Crippen LogP contribution in [0.4, 0.5) is 0 Å². The summed E-state index contributed by atoms with van der Waals surface area (Å²) in [5, 5.41) is 0. The standard InChI is InChI=1S/C10H5Br5O3/c1-3(2)10(16)18-17-9-7(14)5(12)4(11)6(13)8(9)15/h1H2,2H3. The van der Waals surface area contributed by atoms with E-state index in [-0.39, 0.29) is 5.57 Å². The van der Waals surface area contributed by atoms with Gasteiger partial charge in [0.2, 0.25) is 5.75 Å². The molecule has 0 aromatic heterocycles. The van der Waals surface area contributed by atoms with Crippen LogP contribution in [0.3, 0.4) is 0 Å². The van der Waals surface area contributed by atoms with E-state index < -0.39 is 5.97 Å². The summed E-state index contributed by atoms with van der Waals surface area (Å²) >= 11 is 16.8. The number of carbonyl (C=O) groups excluding carboxylic acids is 1. The fourth-order valence-electron chi connectivity index (χ4n) is 0.809. The number of halogens is 5. The Labute approximate surface area is 146 Å². The van der Waals surface area contributed by atoms with Crippen LogP contribution in [0, 0.1) is 0 Å². The second-order valence-corrected chi connectivity index (χ2v) is 7.10. The molecule has 0 aliphatic carbocycles. The normalized spacial score (nSPS) is 10.1. The van der Waals surface area contributed by atoms with E-state index in [9.17, 15) is 4.79 Å². The Kier molecular flexibility index (Phi) is 6.37. The van der Waals surface area contributed by atoms with E-state index in [0.29, 0.717) is 14.7 Å². The average molecular weight is 573 g/mol. The third-order valence-corrected chi connectivity index (χ3v) is 7.74. The van der Waals surface area contributed by atoms with Gasteiger partial charge in [0, 0.05) is 10.0 Å². The van der Waals surface area contributed by atoms with Crippen molar-refractivity contribution in [3.63, 3.8) is 0 Å². The van der Waals surface area contributed by atoms with Gasteiger partial charge in [-0.05, 0) is 86.6 Å². The van der Waals surface area contributed by atoms with E-state index in [1.807, 2.05) is 0 Å². The number of benzene rings is 1. The van der Waals surface area contributed by atoms with Crippen molar-refractivity contribution in [2.24, 2.45) is 0 Å². The first-order valence-electron chi connectivity index (χ1n) is 4.33. The molecule has 0 aliphatic heterocycles. The highest BCUT2D eigenvalue weighted by Gasteiger charge is 2.21. The Hall–Kier alpha value is 0.630. The summed E-state index contributed by atoms with van der Waals surface area (Å²) < 4.78 is 3.43. The molecule has 0 saturated heterocycles. The molecule has 1 aromatic carbocycles. The Morgan fingerprint density at radius 1 is 0.944 bits per heavy atom. The molecule has 0 bridgehead atoms. The number of hydrogen-bond donors (Lipinski definition) is 0. The minimum Gasteiger partial charge on any atom is -0.284 e. The van der Waals surface area contributed by atoms with Crippen LogP contribution in [0.15, 0.2) is 34.5 Å². The van der Waals surface area contributed by atoms with Crippen LogP contribution >= 0.6 is 79.6 Å². The van der Waals surface area contributed by atoms with Gasteiger partial charge in [0.25, 0.3) is 0 Å². The summed E-state index contributed by atoms with van der Waals surface area (Å²) in [5.41, 5.74) is 0.248. The van der Waals surface area contributed by atoms with Crippen molar-refractivity contribution in [2.75, 3.05) is 0 Å². The van der Waals surface area contributed by atoms with E-state index in [0.717, 1.165) is 13.4 Å². The highest BCUT2D eigenvalue weighted by Crippen LogP contribution is 2.48. The number of rotatable bonds is 3. The molecule has 0 aliphatic rings. The number of carbonyl (C=O) groups is 1. The Morgan fingerprint density at radius 2 is 1.33 bits per heavy atom. The quantitative estimate of drug-likeness (QED) is 0.149. The molecule has 1 rings (SSSR count). The summed E-state index contributed by atoms with van der Waals surface area (Å²) in [6.07, 6.45) is 0. The lowest BCUT2D eigenvalue weighted by atomic mass is 10.3. The molecule has 0 amide bonds. The smallest absolute Gasteiger partial charge is 0.284 e. The third-order valence-electron chi connectivity index (χ3n) is 1.72. The highest BCUT2D eigenvalue weighted by atomic mass is 79.9. The predicted molar refractivity (Wildman–Crippen MR) is 86.5 cm³/mol. The van der Waals surface area contributed by atoms with Crippen LogP contribution in [-0.2, 0) is 9.68 Å². The zero-order valence-electron chi connectivity index (χ0n) is 8.82. The molecule has 0 radical (unpaired) electrons. The SMILES string of the molecule is C=C(C)C(=O)OOc1c(Br)c(Br)c(Br)c(Br)c1Br. The van der Waals surface area contributed by atoms with Crippen molar-refractivity contribution in [1.29, 1.82) is 0 Å². The van der Waals surface area contributed by atoms with Gasteiger partial charge in [0.1, 0.15) is 0 Å². The van der Waals surface area contributed by atoms with E-state index in [1.165, 1.54) is 6.92 Å². The molecule has 0 saturated carbocycles. The van der Waals surface area contributed by atoms with Crippen molar-refractivity contribution in [3.8, 4) is 5.75 Å². The molecule has 0 heterocycles. The molecule has 18 heavy (non-hydrogen) atoms. The lowest BCUT2D eigenvalue weighted by Gasteiger charge is -2.12. The summed E-state index contributed by atoms with van der Waals surface area (Å²) in [6.45, 7) is 4.99. The maximum Gasteiger partial charge on any atom is 0.381 e. The molecule has 0 N–H and O–H groups in total. The molecule has 0 fully saturated rings. The molecule has 0 spiro atoms. The maximum atomic E-state index is 11.3. The molecule has 1 aromatic rings.